The lowest BCUT2D eigenvalue weighted by molar-refractivity contribution is -0.117. The molecule has 0 radical (unpaired) electrons. The smallest absolute Gasteiger partial charge is 0.411 e. The average Bonchev–Trinajstić information content (AvgIpc) is 2.41. The highest BCUT2D eigenvalue weighted by molar-refractivity contribution is 5.78. The first kappa shape index (κ1) is 18.0. The van der Waals surface area contributed by atoms with Gasteiger partial charge >= 0.3 is 6.09 Å². The van der Waals surface area contributed by atoms with Crippen molar-refractivity contribution >= 4 is 12.4 Å². The Kier molecular flexibility index (Phi) is 4.89. The Hall–Kier alpha value is -2.05. The largest absolute Gasteiger partial charge is 0.444 e. The van der Waals surface area contributed by atoms with Gasteiger partial charge in [0, 0.05) is 12.6 Å². The van der Waals surface area contributed by atoms with Gasteiger partial charge in [-0.2, -0.15) is 0 Å². The van der Waals surface area contributed by atoms with Gasteiger partial charge in [0.25, 0.3) is 0 Å². The molecule has 7 heteroatoms. The molecule has 1 rings (SSSR count). The van der Waals surface area contributed by atoms with Gasteiger partial charge in [0.05, 0.1) is 0 Å². The molecular formula is C15H18F3NO3. The van der Waals surface area contributed by atoms with Crippen molar-refractivity contribution in [3.8, 4) is 0 Å². The van der Waals surface area contributed by atoms with Gasteiger partial charge in [0.15, 0.2) is 17.5 Å². The molecule has 0 heterocycles. The Morgan fingerprint density at radius 1 is 1.14 bits per heavy atom. The molecule has 1 atom stereocenters. The number of halogens is 3. The van der Waals surface area contributed by atoms with E-state index in [4.69, 9.17) is 4.74 Å². The average molecular weight is 317 g/mol. The molecule has 1 aromatic rings. The Morgan fingerprint density at radius 3 is 2.14 bits per heavy atom. The predicted molar refractivity (Wildman–Crippen MR) is 73.7 cm³/mol. The Morgan fingerprint density at radius 2 is 1.68 bits per heavy atom. The van der Waals surface area contributed by atoms with Crippen molar-refractivity contribution in [1.82, 2.24) is 4.90 Å². The summed E-state index contributed by atoms with van der Waals surface area (Å²) >= 11 is 0. The molecule has 4 nitrogen and oxygen atoms in total. The fraction of sp³-hybridized carbons (Fsp3) is 0.467. The third kappa shape index (κ3) is 3.40. The monoisotopic (exact) mass is 317 g/mol. The second kappa shape index (κ2) is 5.98. The van der Waals surface area contributed by atoms with Crippen LogP contribution in [0.2, 0.25) is 0 Å². The van der Waals surface area contributed by atoms with Crippen LogP contribution in [0.1, 0.15) is 33.3 Å². The molecular weight excluding hydrogens is 299 g/mol. The van der Waals surface area contributed by atoms with Gasteiger partial charge < -0.3 is 9.53 Å². The number of hydrogen-bond donors (Lipinski definition) is 0. The molecule has 0 aliphatic rings. The zero-order chi connectivity index (χ0) is 17.3. The highest BCUT2D eigenvalue weighted by Gasteiger charge is 2.39. The lowest BCUT2D eigenvalue weighted by Gasteiger charge is -2.35. The van der Waals surface area contributed by atoms with Crippen LogP contribution in [0, 0.1) is 17.5 Å². The molecule has 0 aliphatic carbocycles. The molecule has 1 aromatic carbocycles. The Balaban J connectivity index is 3.30. The number of carbonyl (C=O) groups is 2. The number of rotatable bonds is 3. The number of carbonyl (C=O) groups excluding carboxylic acids is 2. The van der Waals surface area contributed by atoms with Crippen LogP contribution in [0.4, 0.5) is 18.0 Å². The lowest BCUT2D eigenvalue weighted by atomic mass is 9.91. The van der Waals surface area contributed by atoms with Gasteiger partial charge in [0.1, 0.15) is 17.4 Å². The summed E-state index contributed by atoms with van der Waals surface area (Å²) in [7, 11) is 1.21. The highest BCUT2D eigenvalue weighted by Crippen LogP contribution is 2.30. The number of likely N-dealkylation sites (N-methyl/N-ethyl adjacent to an activating group) is 1. The normalized spacial score (nSPS) is 14.2. The van der Waals surface area contributed by atoms with E-state index in [1.54, 1.807) is 20.8 Å². The van der Waals surface area contributed by atoms with Crippen molar-refractivity contribution in [2.24, 2.45) is 0 Å². The molecule has 0 spiro atoms. The zero-order valence-corrected chi connectivity index (χ0v) is 13.0. The number of amides is 1. The Labute approximate surface area is 126 Å². The van der Waals surface area contributed by atoms with Crippen molar-refractivity contribution < 1.29 is 27.5 Å². The maximum Gasteiger partial charge on any atom is 0.411 e. The summed E-state index contributed by atoms with van der Waals surface area (Å²) in [5.41, 5.74) is -3.14. The quantitative estimate of drug-likeness (QED) is 0.634. The van der Waals surface area contributed by atoms with Gasteiger partial charge in [-0.3, -0.25) is 4.90 Å². The van der Waals surface area contributed by atoms with Crippen LogP contribution in [-0.2, 0) is 15.1 Å². The number of nitrogens with zero attached hydrogens (tertiary/aromatic N) is 1. The number of aldehydes is 1. The fourth-order valence-corrected chi connectivity index (χ4v) is 1.76. The van der Waals surface area contributed by atoms with Crippen molar-refractivity contribution in [1.29, 1.82) is 0 Å². The summed E-state index contributed by atoms with van der Waals surface area (Å²) in [5, 5.41) is 0. The molecule has 1 unspecified atom stereocenters. The standard InChI is InChI=1S/C15H18F3NO3/c1-14(2,3)22-13(21)19(5)15(4,8-20)9-6-7-10(16)12(18)11(9)17/h6-8H,1-5H3. The van der Waals surface area contributed by atoms with Gasteiger partial charge in [0.2, 0.25) is 0 Å². The molecule has 122 valence electrons. The van der Waals surface area contributed by atoms with E-state index in [1.165, 1.54) is 14.0 Å². The molecule has 22 heavy (non-hydrogen) atoms. The van der Waals surface area contributed by atoms with Gasteiger partial charge in [-0.1, -0.05) is 6.07 Å². The minimum Gasteiger partial charge on any atom is -0.444 e. The van der Waals surface area contributed by atoms with Gasteiger partial charge in [-0.05, 0) is 33.8 Å². The van der Waals surface area contributed by atoms with Crippen molar-refractivity contribution in [3.05, 3.63) is 35.1 Å². The van der Waals surface area contributed by atoms with Crippen LogP contribution in [0.25, 0.3) is 0 Å². The number of ether oxygens (including phenoxy) is 1. The lowest BCUT2D eigenvalue weighted by Crippen LogP contribution is -2.48. The first-order chi connectivity index (χ1) is 9.94. The fourth-order valence-electron chi connectivity index (χ4n) is 1.76. The summed E-state index contributed by atoms with van der Waals surface area (Å²) in [5.74, 6) is -4.61. The second-order valence-electron chi connectivity index (χ2n) is 6.03. The van der Waals surface area contributed by atoms with Crippen LogP contribution in [-0.4, -0.2) is 29.9 Å². The predicted octanol–water partition coefficient (Wildman–Crippen LogP) is 3.38. The van der Waals surface area contributed by atoms with E-state index in [9.17, 15) is 22.8 Å². The zero-order valence-electron chi connectivity index (χ0n) is 13.0. The summed E-state index contributed by atoms with van der Waals surface area (Å²) in [6.45, 7) is 6.07. The van der Waals surface area contributed by atoms with Crippen LogP contribution < -0.4 is 0 Å². The first-order valence-corrected chi connectivity index (χ1v) is 6.51. The summed E-state index contributed by atoms with van der Waals surface area (Å²) in [6.07, 6.45) is -0.626. The van der Waals surface area contributed by atoms with E-state index in [-0.39, 0.29) is 6.29 Å². The summed E-state index contributed by atoms with van der Waals surface area (Å²) in [6, 6.07) is 1.61. The maximum atomic E-state index is 14.0. The van der Waals surface area contributed by atoms with E-state index in [1.807, 2.05) is 0 Å². The summed E-state index contributed by atoms with van der Waals surface area (Å²) in [4.78, 5) is 24.3. The van der Waals surface area contributed by atoms with Crippen LogP contribution in [0.15, 0.2) is 12.1 Å². The van der Waals surface area contributed by atoms with Crippen molar-refractivity contribution in [2.45, 2.75) is 38.8 Å². The highest BCUT2D eigenvalue weighted by atomic mass is 19.2. The third-order valence-corrected chi connectivity index (χ3v) is 3.17. The number of benzene rings is 1. The third-order valence-electron chi connectivity index (χ3n) is 3.17. The minimum absolute atomic E-state index is 0.271. The number of hydrogen-bond acceptors (Lipinski definition) is 3. The molecule has 0 fully saturated rings. The maximum absolute atomic E-state index is 14.0. The molecule has 0 aliphatic heterocycles. The second-order valence-corrected chi connectivity index (χ2v) is 6.03. The van der Waals surface area contributed by atoms with Gasteiger partial charge in [-0.25, -0.2) is 18.0 Å². The molecule has 0 aromatic heterocycles. The SMILES string of the molecule is CN(C(=O)OC(C)(C)C)C(C)(C=O)c1ccc(F)c(F)c1F. The molecule has 0 bridgehead atoms. The van der Waals surface area contributed by atoms with E-state index in [2.05, 4.69) is 0 Å². The molecule has 0 N–H and O–H groups in total. The minimum atomic E-state index is -1.85. The van der Waals surface area contributed by atoms with Crippen LogP contribution in [0.5, 0.6) is 0 Å². The van der Waals surface area contributed by atoms with Crippen molar-refractivity contribution in [2.75, 3.05) is 7.05 Å². The van der Waals surface area contributed by atoms with Crippen LogP contribution >= 0.6 is 0 Å². The van der Waals surface area contributed by atoms with Gasteiger partial charge in [-0.15, -0.1) is 0 Å². The summed E-state index contributed by atoms with van der Waals surface area (Å²) < 4.78 is 45.5. The van der Waals surface area contributed by atoms with Crippen LogP contribution in [0.3, 0.4) is 0 Å². The van der Waals surface area contributed by atoms with E-state index >= 15 is 0 Å². The molecule has 0 saturated carbocycles. The molecule has 1 amide bonds. The topological polar surface area (TPSA) is 46.6 Å². The first-order valence-electron chi connectivity index (χ1n) is 6.51. The van der Waals surface area contributed by atoms with E-state index in [0.29, 0.717) is 6.07 Å². The van der Waals surface area contributed by atoms with E-state index in [0.717, 1.165) is 11.0 Å². The van der Waals surface area contributed by atoms with E-state index < -0.39 is 40.2 Å². The Bertz CT molecular complexity index is 598. The van der Waals surface area contributed by atoms with Crippen molar-refractivity contribution in [3.63, 3.8) is 0 Å². The molecule has 0 saturated heterocycles.